The molecule has 124 valence electrons. The lowest BCUT2D eigenvalue weighted by molar-refractivity contribution is -0.000299. The first-order valence-electron chi connectivity index (χ1n) is 8.19. The van der Waals surface area contributed by atoms with Crippen molar-refractivity contribution in [2.24, 2.45) is 11.8 Å². The highest BCUT2D eigenvalue weighted by atomic mass is 16.5. The van der Waals surface area contributed by atoms with Crippen molar-refractivity contribution >= 4 is 0 Å². The van der Waals surface area contributed by atoms with E-state index in [2.05, 4.69) is 18.7 Å². The van der Waals surface area contributed by atoms with E-state index < -0.39 is 6.10 Å². The number of ether oxygens (including phenoxy) is 2. The zero-order valence-electron chi connectivity index (χ0n) is 14.0. The van der Waals surface area contributed by atoms with Crippen LogP contribution in [0.2, 0.25) is 0 Å². The van der Waals surface area contributed by atoms with E-state index in [1.165, 1.54) is 6.42 Å². The molecule has 0 aromatic heterocycles. The summed E-state index contributed by atoms with van der Waals surface area (Å²) in [6.07, 6.45) is 0.805. The van der Waals surface area contributed by atoms with Gasteiger partial charge in [0.1, 0.15) is 5.75 Å². The normalized spacial score (nSPS) is 24.2. The molecule has 2 rings (SSSR count). The van der Waals surface area contributed by atoms with Crippen molar-refractivity contribution in [3.8, 4) is 5.75 Å². The van der Waals surface area contributed by atoms with Gasteiger partial charge in [-0.1, -0.05) is 26.0 Å². The Bertz CT molecular complexity index is 434. The molecule has 0 spiro atoms. The van der Waals surface area contributed by atoms with Crippen LogP contribution >= 0.6 is 0 Å². The van der Waals surface area contributed by atoms with Gasteiger partial charge in [-0.05, 0) is 42.5 Å². The maximum Gasteiger partial charge on any atom is 0.118 e. The lowest BCUT2D eigenvalue weighted by Gasteiger charge is -2.36. The van der Waals surface area contributed by atoms with Crippen molar-refractivity contribution in [2.45, 2.75) is 33.0 Å². The van der Waals surface area contributed by atoms with Gasteiger partial charge < -0.3 is 19.5 Å². The van der Waals surface area contributed by atoms with E-state index in [4.69, 9.17) is 9.47 Å². The maximum absolute atomic E-state index is 10.1. The molecule has 0 radical (unpaired) electrons. The van der Waals surface area contributed by atoms with E-state index >= 15 is 0 Å². The average molecular weight is 307 g/mol. The molecule has 4 nitrogen and oxygen atoms in total. The Kier molecular flexibility index (Phi) is 6.68. The van der Waals surface area contributed by atoms with Gasteiger partial charge in [-0.15, -0.1) is 0 Å². The van der Waals surface area contributed by atoms with Crippen molar-refractivity contribution in [3.63, 3.8) is 0 Å². The monoisotopic (exact) mass is 307 g/mol. The quantitative estimate of drug-likeness (QED) is 0.840. The van der Waals surface area contributed by atoms with Gasteiger partial charge in [0.05, 0.1) is 26.4 Å². The number of aliphatic hydroxyl groups is 1. The van der Waals surface area contributed by atoms with Crippen LogP contribution in [-0.2, 0) is 11.3 Å². The summed E-state index contributed by atoms with van der Waals surface area (Å²) in [7, 11) is 1.66. The molecule has 4 heteroatoms. The van der Waals surface area contributed by atoms with E-state index in [9.17, 15) is 5.11 Å². The van der Waals surface area contributed by atoms with Crippen LogP contribution < -0.4 is 4.74 Å². The number of likely N-dealkylation sites (tertiary alicyclic amines) is 1. The number of β-amino-alcohol motifs (C(OH)–C–C–N with tert-alkyl or cyclic N) is 1. The molecule has 22 heavy (non-hydrogen) atoms. The molecule has 3 unspecified atom stereocenters. The van der Waals surface area contributed by atoms with E-state index in [1.807, 2.05) is 24.3 Å². The Balaban J connectivity index is 1.66. The first-order valence-corrected chi connectivity index (χ1v) is 8.19. The molecule has 1 aromatic carbocycles. The molecule has 1 N–H and O–H groups in total. The minimum Gasteiger partial charge on any atom is -0.497 e. The third-order valence-electron chi connectivity index (χ3n) is 4.63. The number of piperidine rings is 1. The lowest BCUT2D eigenvalue weighted by Crippen LogP contribution is -2.43. The summed E-state index contributed by atoms with van der Waals surface area (Å²) < 4.78 is 10.8. The smallest absolute Gasteiger partial charge is 0.118 e. The highest BCUT2D eigenvalue weighted by molar-refractivity contribution is 5.26. The fraction of sp³-hybridized carbons (Fsp3) is 0.667. The summed E-state index contributed by atoms with van der Waals surface area (Å²) >= 11 is 0. The fourth-order valence-corrected chi connectivity index (χ4v) is 2.90. The molecular formula is C18H29NO3. The second-order valence-corrected chi connectivity index (χ2v) is 6.52. The summed E-state index contributed by atoms with van der Waals surface area (Å²) in [6, 6.07) is 7.81. The minimum absolute atomic E-state index is 0.381. The molecule has 1 heterocycles. The average Bonchev–Trinajstić information content (AvgIpc) is 2.51. The van der Waals surface area contributed by atoms with Crippen molar-refractivity contribution in [1.29, 1.82) is 0 Å². The summed E-state index contributed by atoms with van der Waals surface area (Å²) in [6.45, 7) is 8.39. The molecule has 0 amide bonds. The van der Waals surface area contributed by atoms with E-state index in [-0.39, 0.29) is 0 Å². The van der Waals surface area contributed by atoms with Crippen molar-refractivity contribution in [3.05, 3.63) is 29.8 Å². The highest BCUT2D eigenvalue weighted by Crippen LogP contribution is 2.22. The molecule has 1 fully saturated rings. The van der Waals surface area contributed by atoms with Crippen LogP contribution in [-0.4, -0.2) is 49.5 Å². The van der Waals surface area contributed by atoms with Gasteiger partial charge >= 0.3 is 0 Å². The topological polar surface area (TPSA) is 41.9 Å². The van der Waals surface area contributed by atoms with Crippen LogP contribution in [0.4, 0.5) is 0 Å². The molecule has 0 aliphatic carbocycles. The predicted molar refractivity (Wildman–Crippen MR) is 88.0 cm³/mol. The Morgan fingerprint density at radius 2 is 1.95 bits per heavy atom. The number of hydrogen-bond donors (Lipinski definition) is 1. The maximum atomic E-state index is 10.1. The van der Waals surface area contributed by atoms with E-state index in [0.29, 0.717) is 25.7 Å². The molecule has 1 aromatic rings. The van der Waals surface area contributed by atoms with E-state index in [1.54, 1.807) is 7.11 Å². The standard InChI is InChI=1S/C18H29NO3/c1-14-8-9-19(10-15(14)2)11-17(20)13-22-12-16-4-6-18(21-3)7-5-16/h4-7,14-15,17,20H,8-13H2,1-3H3. The van der Waals surface area contributed by atoms with Gasteiger partial charge in [-0.25, -0.2) is 0 Å². The number of rotatable bonds is 7. The van der Waals surface area contributed by atoms with Gasteiger partial charge in [0.2, 0.25) is 0 Å². The summed E-state index contributed by atoms with van der Waals surface area (Å²) in [5, 5.41) is 10.1. The second kappa shape index (κ2) is 8.51. The van der Waals surface area contributed by atoms with Gasteiger partial charge in [-0.3, -0.25) is 0 Å². The number of aliphatic hydroxyl groups excluding tert-OH is 1. The molecule has 0 bridgehead atoms. The lowest BCUT2D eigenvalue weighted by atomic mass is 9.88. The number of methoxy groups -OCH3 is 1. The fourth-order valence-electron chi connectivity index (χ4n) is 2.90. The van der Waals surface area contributed by atoms with Gasteiger partial charge in [-0.2, -0.15) is 0 Å². The zero-order chi connectivity index (χ0) is 15.9. The van der Waals surface area contributed by atoms with Crippen LogP contribution in [0.15, 0.2) is 24.3 Å². The summed E-state index contributed by atoms with van der Waals surface area (Å²) in [5.41, 5.74) is 1.09. The number of nitrogens with zero attached hydrogens (tertiary/aromatic N) is 1. The molecule has 1 aliphatic heterocycles. The molecule has 0 saturated carbocycles. The van der Waals surface area contributed by atoms with Gasteiger partial charge in [0, 0.05) is 13.1 Å². The Hall–Kier alpha value is -1.10. The minimum atomic E-state index is -0.418. The van der Waals surface area contributed by atoms with Crippen molar-refractivity contribution in [1.82, 2.24) is 4.90 Å². The first kappa shape index (κ1) is 17.3. The van der Waals surface area contributed by atoms with Gasteiger partial charge in [0.25, 0.3) is 0 Å². The van der Waals surface area contributed by atoms with E-state index in [0.717, 1.165) is 30.3 Å². The molecular weight excluding hydrogens is 278 g/mol. The predicted octanol–water partition coefficient (Wildman–Crippen LogP) is 2.55. The van der Waals surface area contributed by atoms with Crippen LogP contribution in [0.25, 0.3) is 0 Å². The van der Waals surface area contributed by atoms with Crippen molar-refractivity contribution < 1.29 is 14.6 Å². The Morgan fingerprint density at radius 1 is 1.23 bits per heavy atom. The van der Waals surface area contributed by atoms with Crippen LogP contribution in [0, 0.1) is 11.8 Å². The summed E-state index contributed by atoms with van der Waals surface area (Å²) in [5.74, 6) is 2.35. The zero-order valence-corrected chi connectivity index (χ0v) is 14.0. The first-order chi connectivity index (χ1) is 10.6. The van der Waals surface area contributed by atoms with Crippen LogP contribution in [0.3, 0.4) is 0 Å². The van der Waals surface area contributed by atoms with Gasteiger partial charge in [0.15, 0.2) is 0 Å². The second-order valence-electron chi connectivity index (χ2n) is 6.52. The van der Waals surface area contributed by atoms with Crippen molar-refractivity contribution in [2.75, 3.05) is 33.4 Å². The number of hydrogen-bond acceptors (Lipinski definition) is 4. The largest absolute Gasteiger partial charge is 0.497 e. The molecule has 3 atom stereocenters. The SMILES string of the molecule is COc1ccc(COCC(O)CN2CCC(C)C(C)C2)cc1. The Morgan fingerprint density at radius 3 is 2.59 bits per heavy atom. The van der Waals surface area contributed by atoms with Crippen LogP contribution in [0.1, 0.15) is 25.8 Å². The Labute approximate surface area is 134 Å². The molecule has 1 saturated heterocycles. The summed E-state index contributed by atoms with van der Waals surface area (Å²) in [4.78, 5) is 2.35. The highest BCUT2D eigenvalue weighted by Gasteiger charge is 2.23. The van der Waals surface area contributed by atoms with Crippen LogP contribution in [0.5, 0.6) is 5.75 Å². The third kappa shape index (κ3) is 5.27. The molecule has 1 aliphatic rings. The number of benzene rings is 1. The third-order valence-corrected chi connectivity index (χ3v) is 4.63.